The van der Waals surface area contributed by atoms with Gasteiger partial charge in [0.25, 0.3) is 5.91 Å². The lowest BCUT2D eigenvalue weighted by Crippen LogP contribution is -2.28. The first-order valence-electron chi connectivity index (χ1n) is 6.46. The van der Waals surface area contributed by atoms with Crippen molar-refractivity contribution >= 4 is 14.0 Å². The molecule has 1 atom stereocenters. The Morgan fingerprint density at radius 3 is 2.39 bits per heavy atom. The highest BCUT2D eigenvalue weighted by Crippen LogP contribution is 2.34. The van der Waals surface area contributed by atoms with Gasteiger partial charge >= 0.3 is 0 Å². The smallest absolute Gasteiger partial charge is 0.252 e. The molecule has 0 spiro atoms. The zero-order chi connectivity index (χ0) is 14.1. The van der Waals surface area contributed by atoms with Crippen molar-refractivity contribution in [1.82, 2.24) is 4.90 Å². The molecular weight excluding hydrogens is 242 g/mol. The molecule has 0 bridgehead atoms. The van der Waals surface area contributed by atoms with E-state index >= 15 is 0 Å². The van der Waals surface area contributed by atoms with E-state index in [1.165, 1.54) is 10.5 Å². The summed E-state index contributed by atoms with van der Waals surface area (Å²) in [6, 6.07) is 0. The van der Waals surface area contributed by atoms with E-state index in [4.69, 9.17) is 0 Å². The summed E-state index contributed by atoms with van der Waals surface area (Å²) in [4.78, 5) is 13.6. The fraction of sp³-hybridized carbons (Fsp3) is 0.643. The Hall–Kier alpha value is -1.03. The number of carbonyl (C=O) groups is 1. The quantitative estimate of drug-likeness (QED) is 0.781. The molecule has 0 saturated heterocycles. The highest BCUT2D eigenvalue weighted by Gasteiger charge is 2.28. The highest BCUT2D eigenvalue weighted by molar-refractivity contribution is 6.81. The molecule has 0 fully saturated rings. The van der Waals surface area contributed by atoms with Gasteiger partial charge in [-0.3, -0.25) is 4.79 Å². The van der Waals surface area contributed by atoms with Crippen molar-refractivity contribution in [3.63, 3.8) is 0 Å². The van der Waals surface area contributed by atoms with Crippen LogP contribution in [0.2, 0.25) is 19.6 Å². The van der Waals surface area contributed by atoms with Crippen LogP contribution in [0.4, 0.5) is 0 Å². The monoisotopic (exact) mass is 267 g/mol. The molecule has 1 rings (SSSR count). The fourth-order valence-corrected chi connectivity index (χ4v) is 3.74. The molecule has 0 aromatic rings. The lowest BCUT2D eigenvalue weighted by molar-refractivity contribution is -0.125. The highest BCUT2D eigenvalue weighted by atomic mass is 28.3. The third-order valence-electron chi connectivity index (χ3n) is 3.14. The number of allylic oxidation sites excluding steroid dienone is 2. The van der Waals surface area contributed by atoms with Crippen molar-refractivity contribution in [2.24, 2.45) is 5.92 Å². The van der Waals surface area contributed by atoms with Gasteiger partial charge in [-0.1, -0.05) is 37.8 Å². The van der Waals surface area contributed by atoms with E-state index in [1.54, 1.807) is 14.1 Å². The van der Waals surface area contributed by atoms with Crippen LogP contribution < -0.4 is 0 Å². The summed E-state index contributed by atoms with van der Waals surface area (Å²) in [7, 11) is 2.16. The summed E-state index contributed by atoms with van der Waals surface area (Å²) in [5.41, 5.74) is 4.26. The van der Waals surface area contributed by atoms with E-state index in [9.17, 15) is 9.90 Å². The Morgan fingerprint density at radius 1 is 1.39 bits per heavy atom. The van der Waals surface area contributed by atoms with E-state index < -0.39 is 8.07 Å². The molecular formula is C14H25NO2Si. The molecule has 1 aliphatic rings. The number of nitrogens with zero attached hydrogens (tertiary/aromatic N) is 1. The minimum Gasteiger partial charge on any atom is -0.512 e. The molecule has 1 unspecified atom stereocenters. The second kappa shape index (κ2) is 5.30. The number of amides is 1. The number of aliphatic hydroxyl groups excluding tert-OH is 1. The van der Waals surface area contributed by atoms with Gasteiger partial charge in [0.1, 0.15) is 5.76 Å². The van der Waals surface area contributed by atoms with Crippen LogP contribution in [0, 0.1) is 5.92 Å². The number of likely N-dealkylation sites (N-methyl/N-ethyl adjacent to an activating group) is 1. The van der Waals surface area contributed by atoms with Crippen molar-refractivity contribution in [1.29, 1.82) is 0 Å². The molecule has 0 aromatic heterocycles. The number of carbonyl (C=O) groups excluding carboxylic acids is 1. The van der Waals surface area contributed by atoms with E-state index in [0.29, 0.717) is 24.3 Å². The Labute approximate surface area is 111 Å². The van der Waals surface area contributed by atoms with Crippen molar-refractivity contribution in [2.45, 2.75) is 39.4 Å². The zero-order valence-corrected chi connectivity index (χ0v) is 13.4. The van der Waals surface area contributed by atoms with Crippen LogP contribution in [0.1, 0.15) is 19.8 Å². The molecule has 102 valence electrons. The summed E-state index contributed by atoms with van der Waals surface area (Å²) in [6.45, 7) is 8.99. The first-order valence-corrected chi connectivity index (χ1v) is 10.0. The third kappa shape index (κ3) is 3.73. The van der Waals surface area contributed by atoms with Crippen molar-refractivity contribution in [2.75, 3.05) is 14.1 Å². The average molecular weight is 267 g/mol. The van der Waals surface area contributed by atoms with Gasteiger partial charge in [0.15, 0.2) is 0 Å². The van der Waals surface area contributed by atoms with Crippen molar-refractivity contribution < 1.29 is 9.90 Å². The van der Waals surface area contributed by atoms with Gasteiger partial charge in [0, 0.05) is 26.9 Å². The maximum Gasteiger partial charge on any atom is 0.252 e. The van der Waals surface area contributed by atoms with Crippen molar-refractivity contribution in [3.05, 3.63) is 22.6 Å². The van der Waals surface area contributed by atoms with E-state index in [2.05, 4.69) is 32.3 Å². The van der Waals surface area contributed by atoms with Crippen molar-refractivity contribution in [3.8, 4) is 0 Å². The maximum absolute atomic E-state index is 12.0. The Balaban J connectivity index is 3.06. The SMILES string of the molecule is CC1CC(O)=C(C(=O)N(C)C)C/C1=C/[Si](C)(C)C. The second-order valence-electron chi connectivity index (χ2n) is 6.49. The summed E-state index contributed by atoms with van der Waals surface area (Å²) >= 11 is 0. The summed E-state index contributed by atoms with van der Waals surface area (Å²) in [5, 5.41) is 9.99. The van der Waals surface area contributed by atoms with Gasteiger partial charge in [-0.15, -0.1) is 0 Å². The molecule has 0 radical (unpaired) electrons. The Kier molecular flexibility index (Phi) is 4.43. The van der Waals surface area contributed by atoms with Gasteiger partial charge in [-0.05, 0) is 5.92 Å². The number of rotatable bonds is 2. The Morgan fingerprint density at radius 2 is 1.94 bits per heavy atom. The van der Waals surface area contributed by atoms with E-state index in [-0.39, 0.29) is 11.7 Å². The number of hydrogen-bond donors (Lipinski definition) is 1. The molecule has 1 amide bonds. The molecule has 1 aliphatic carbocycles. The van der Waals surface area contributed by atoms with Gasteiger partial charge < -0.3 is 10.0 Å². The van der Waals surface area contributed by atoms with Crippen LogP contribution in [0.3, 0.4) is 0 Å². The molecule has 0 aromatic carbocycles. The molecule has 1 N–H and O–H groups in total. The van der Waals surface area contributed by atoms with Gasteiger partial charge in [0.2, 0.25) is 0 Å². The normalized spacial score (nSPS) is 23.4. The Bertz CT molecular complexity index is 403. The fourth-order valence-electron chi connectivity index (χ4n) is 2.24. The lowest BCUT2D eigenvalue weighted by Gasteiger charge is -2.27. The molecule has 0 heterocycles. The third-order valence-corrected chi connectivity index (χ3v) is 4.38. The molecule has 0 aliphatic heterocycles. The first-order chi connectivity index (χ1) is 8.11. The number of hydrogen-bond acceptors (Lipinski definition) is 2. The van der Waals surface area contributed by atoms with E-state index in [1.807, 2.05) is 0 Å². The minimum atomic E-state index is -1.29. The number of aliphatic hydroxyl groups is 1. The first kappa shape index (κ1) is 15.0. The predicted octanol–water partition coefficient (Wildman–Crippen LogP) is 3.12. The van der Waals surface area contributed by atoms with Gasteiger partial charge in [0.05, 0.1) is 13.6 Å². The van der Waals surface area contributed by atoms with Crippen LogP contribution >= 0.6 is 0 Å². The second-order valence-corrected chi connectivity index (χ2v) is 11.5. The van der Waals surface area contributed by atoms with E-state index in [0.717, 1.165) is 0 Å². The van der Waals surface area contributed by atoms with Crippen LogP contribution in [-0.4, -0.2) is 38.1 Å². The predicted molar refractivity (Wildman–Crippen MR) is 78.2 cm³/mol. The van der Waals surface area contributed by atoms with Crippen LogP contribution in [-0.2, 0) is 4.79 Å². The zero-order valence-electron chi connectivity index (χ0n) is 12.4. The molecule has 18 heavy (non-hydrogen) atoms. The summed E-state index contributed by atoms with van der Waals surface area (Å²) < 4.78 is 0. The maximum atomic E-state index is 12.0. The van der Waals surface area contributed by atoms with Gasteiger partial charge in [-0.25, -0.2) is 0 Å². The van der Waals surface area contributed by atoms with Crippen LogP contribution in [0.25, 0.3) is 0 Å². The van der Waals surface area contributed by atoms with Crippen LogP contribution in [0.15, 0.2) is 22.6 Å². The minimum absolute atomic E-state index is 0.0686. The molecule has 3 nitrogen and oxygen atoms in total. The summed E-state index contributed by atoms with van der Waals surface area (Å²) in [6.07, 6.45) is 1.19. The lowest BCUT2D eigenvalue weighted by atomic mass is 9.85. The molecule has 4 heteroatoms. The summed E-state index contributed by atoms with van der Waals surface area (Å²) in [5.74, 6) is 0.547. The average Bonchev–Trinajstić information content (AvgIpc) is 2.19. The molecule has 0 saturated carbocycles. The van der Waals surface area contributed by atoms with Gasteiger partial charge in [-0.2, -0.15) is 0 Å². The van der Waals surface area contributed by atoms with Crippen LogP contribution in [0.5, 0.6) is 0 Å². The standard InChI is InChI=1S/C14H25NO2Si/c1-10-7-13(16)12(14(17)15(2)3)8-11(10)9-18(4,5)6/h9-10,16H,7-8H2,1-6H3/b11-9-. The largest absolute Gasteiger partial charge is 0.512 e. The topological polar surface area (TPSA) is 40.5 Å².